The second kappa shape index (κ2) is 6.97. The van der Waals surface area contributed by atoms with E-state index in [4.69, 9.17) is 0 Å². The Bertz CT molecular complexity index is 311. The predicted octanol–water partition coefficient (Wildman–Crippen LogP) is 3.59. The summed E-state index contributed by atoms with van der Waals surface area (Å²) >= 11 is 0. The average Bonchev–Trinajstić information content (AvgIpc) is 2.25. The van der Waals surface area contributed by atoms with Crippen LogP contribution in [0.1, 0.15) is 24.8 Å². The zero-order valence-corrected chi connectivity index (χ0v) is 8.50. The number of benzene rings is 1. The summed E-state index contributed by atoms with van der Waals surface area (Å²) in [5, 5.41) is 0. The minimum absolute atomic E-state index is 0.943. The van der Waals surface area contributed by atoms with E-state index in [9.17, 15) is 0 Å². The fourth-order valence-electron chi connectivity index (χ4n) is 1.20. The lowest BCUT2D eigenvalue weighted by Crippen LogP contribution is -1.81. The van der Waals surface area contributed by atoms with Crippen LogP contribution in [-0.4, -0.2) is 0 Å². The molecule has 0 aliphatic carbocycles. The van der Waals surface area contributed by atoms with Gasteiger partial charge in [0, 0.05) is 12.8 Å². The summed E-state index contributed by atoms with van der Waals surface area (Å²) in [6.07, 6.45) is 5.87. The summed E-state index contributed by atoms with van der Waals surface area (Å²) in [6.45, 7) is 3.66. The fraction of sp³-hybridized carbons (Fsp3) is 0.286. The highest BCUT2D eigenvalue weighted by atomic mass is 13.9. The van der Waals surface area contributed by atoms with Gasteiger partial charge >= 0.3 is 0 Å². The second-order valence-corrected chi connectivity index (χ2v) is 3.17. The largest absolute Gasteiger partial charge is 0.103 e. The van der Waals surface area contributed by atoms with Crippen LogP contribution in [0.25, 0.3) is 0 Å². The Hall–Kier alpha value is -1.48. The van der Waals surface area contributed by atoms with Crippen LogP contribution in [0.3, 0.4) is 0 Å². The lowest BCUT2D eigenvalue weighted by Gasteiger charge is -1.94. The lowest BCUT2D eigenvalue weighted by atomic mass is 10.1. The molecule has 0 unspecified atom stereocenters. The normalized spacial score (nSPS) is 8.86. The quantitative estimate of drug-likeness (QED) is 0.381. The van der Waals surface area contributed by atoms with Crippen molar-refractivity contribution in [3.05, 3.63) is 48.6 Å². The summed E-state index contributed by atoms with van der Waals surface area (Å²) in [5.41, 5.74) is 1.37. The van der Waals surface area contributed by atoms with Crippen molar-refractivity contribution in [1.82, 2.24) is 0 Å². The fourth-order valence-corrected chi connectivity index (χ4v) is 1.20. The molecule has 0 aromatic heterocycles. The van der Waals surface area contributed by atoms with Crippen molar-refractivity contribution < 1.29 is 0 Å². The van der Waals surface area contributed by atoms with E-state index in [1.807, 2.05) is 12.1 Å². The first kappa shape index (κ1) is 10.6. The average molecular weight is 184 g/mol. The van der Waals surface area contributed by atoms with E-state index in [0.29, 0.717) is 0 Å². The van der Waals surface area contributed by atoms with Crippen molar-refractivity contribution in [2.45, 2.75) is 25.7 Å². The molecule has 0 atom stereocenters. The van der Waals surface area contributed by atoms with Crippen LogP contribution in [0.4, 0.5) is 0 Å². The van der Waals surface area contributed by atoms with Crippen molar-refractivity contribution in [2.24, 2.45) is 0 Å². The molecule has 0 bridgehead atoms. The van der Waals surface area contributed by atoms with Gasteiger partial charge in [0.25, 0.3) is 0 Å². The molecule has 1 aromatic carbocycles. The molecule has 0 fully saturated rings. The molecular formula is C14H16. The van der Waals surface area contributed by atoms with Crippen LogP contribution in [0.15, 0.2) is 43.0 Å². The molecule has 1 aromatic rings. The Morgan fingerprint density at radius 3 is 2.50 bits per heavy atom. The van der Waals surface area contributed by atoms with Gasteiger partial charge in [-0.15, -0.1) is 18.4 Å². The van der Waals surface area contributed by atoms with Crippen LogP contribution in [0.2, 0.25) is 0 Å². The van der Waals surface area contributed by atoms with E-state index >= 15 is 0 Å². The van der Waals surface area contributed by atoms with Crippen LogP contribution < -0.4 is 0 Å². The van der Waals surface area contributed by atoms with Crippen LogP contribution in [0.5, 0.6) is 0 Å². The number of rotatable bonds is 4. The maximum absolute atomic E-state index is 3.66. The molecule has 0 heteroatoms. The van der Waals surface area contributed by atoms with Gasteiger partial charge in [-0.1, -0.05) is 36.4 Å². The topological polar surface area (TPSA) is 0 Å². The second-order valence-electron chi connectivity index (χ2n) is 3.17. The van der Waals surface area contributed by atoms with Gasteiger partial charge in [0.1, 0.15) is 0 Å². The third-order valence-electron chi connectivity index (χ3n) is 1.98. The maximum Gasteiger partial charge on any atom is 0.0129 e. The summed E-state index contributed by atoms with van der Waals surface area (Å²) in [4.78, 5) is 0. The lowest BCUT2D eigenvalue weighted by molar-refractivity contribution is 1.02. The highest BCUT2D eigenvalue weighted by molar-refractivity contribution is 5.16. The molecule has 0 aliphatic heterocycles. The Balaban J connectivity index is 2.20. The van der Waals surface area contributed by atoms with E-state index < -0.39 is 0 Å². The first-order chi connectivity index (χ1) is 6.93. The van der Waals surface area contributed by atoms with Crippen molar-refractivity contribution in [3.8, 4) is 11.8 Å². The SMILES string of the molecule is C=CCCC#CCCc1ccccc1. The van der Waals surface area contributed by atoms with Crippen LogP contribution in [-0.2, 0) is 6.42 Å². The molecule has 0 aliphatic rings. The molecule has 0 radical (unpaired) electrons. The maximum atomic E-state index is 3.66. The van der Waals surface area contributed by atoms with Gasteiger partial charge in [-0.3, -0.25) is 0 Å². The summed E-state index contributed by atoms with van der Waals surface area (Å²) in [5.74, 6) is 6.31. The van der Waals surface area contributed by atoms with E-state index in [0.717, 1.165) is 25.7 Å². The number of hydrogen-bond acceptors (Lipinski definition) is 0. The van der Waals surface area contributed by atoms with E-state index in [1.165, 1.54) is 5.56 Å². The molecule has 0 amide bonds. The Morgan fingerprint density at radius 1 is 1.07 bits per heavy atom. The van der Waals surface area contributed by atoms with Crippen molar-refractivity contribution in [3.63, 3.8) is 0 Å². The number of hydrogen-bond donors (Lipinski definition) is 0. The summed E-state index contributed by atoms with van der Waals surface area (Å²) < 4.78 is 0. The summed E-state index contributed by atoms with van der Waals surface area (Å²) in [6, 6.07) is 10.5. The number of unbranched alkanes of at least 4 members (excludes halogenated alkanes) is 1. The van der Waals surface area contributed by atoms with Crippen LogP contribution in [0, 0.1) is 11.8 Å². The molecule has 0 saturated carbocycles. The van der Waals surface area contributed by atoms with E-state index in [-0.39, 0.29) is 0 Å². The van der Waals surface area contributed by atoms with Gasteiger partial charge in [0.05, 0.1) is 0 Å². The first-order valence-electron chi connectivity index (χ1n) is 5.04. The molecule has 1 rings (SSSR count). The zero-order valence-electron chi connectivity index (χ0n) is 8.50. The third kappa shape index (κ3) is 4.52. The molecule has 0 spiro atoms. The zero-order chi connectivity index (χ0) is 10.1. The minimum atomic E-state index is 0.943. The standard InChI is InChI=1S/C14H16/c1-2-3-4-5-6-8-11-14-12-9-7-10-13-14/h2,7,9-10,12-13H,1,3-4,8,11H2. The first-order valence-corrected chi connectivity index (χ1v) is 5.04. The molecule has 0 heterocycles. The Kier molecular flexibility index (Phi) is 5.28. The third-order valence-corrected chi connectivity index (χ3v) is 1.98. The van der Waals surface area contributed by atoms with Gasteiger partial charge in [-0.2, -0.15) is 0 Å². The number of allylic oxidation sites excluding steroid dienone is 1. The molecule has 0 N–H and O–H groups in total. The minimum Gasteiger partial charge on any atom is -0.103 e. The van der Waals surface area contributed by atoms with E-state index in [2.05, 4.69) is 42.7 Å². The smallest absolute Gasteiger partial charge is 0.0129 e. The molecule has 72 valence electrons. The molecular weight excluding hydrogens is 168 g/mol. The van der Waals surface area contributed by atoms with Gasteiger partial charge in [-0.05, 0) is 18.4 Å². The Morgan fingerprint density at radius 2 is 1.79 bits per heavy atom. The number of aryl methyl sites for hydroxylation is 1. The highest BCUT2D eigenvalue weighted by Gasteiger charge is 1.87. The Labute approximate surface area is 86.7 Å². The van der Waals surface area contributed by atoms with Gasteiger partial charge in [-0.25, -0.2) is 0 Å². The summed E-state index contributed by atoms with van der Waals surface area (Å²) in [7, 11) is 0. The van der Waals surface area contributed by atoms with Crippen molar-refractivity contribution >= 4 is 0 Å². The highest BCUT2D eigenvalue weighted by Crippen LogP contribution is 2.01. The van der Waals surface area contributed by atoms with E-state index in [1.54, 1.807) is 0 Å². The van der Waals surface area contributed by atoms with Gasteiger partial charge in [0.2, 0.25) is 0 Å². The van der Waals surface area contributed by atoms with Gasteiger partial charge in [0.15, 0.2) is 0 Å². The monoisotopic (exact) mass is 184 g/mol. The van der Waals surface area contributed by atoms with Crippen molar-refractivity contribution in [1.29, 1.82) is 0 Å². The van der Waals surface area contributed by atoms with Crippen molar-refractivity contribution in [2.75, 3.05) is 0 Å². The molecule has 14 heavy (non-hydrogen) atoms. The van der Waals surface area contributed by atoms with Crippen LogP contribution >= 0.6 is 0 Å². The van der Waals surface area contributed by atoms with Gasteiger partial charge < -0.3 is 0 Å². The predicted molar refractivity (Wildman–Crippen MR) is 62.0 cm³/mol. The molecule has 0 nitrogen and oxygen atoms in total. The molecule has 0 saturated heterocycles.